The van der Waals surface area contributed by atoms with Crippen LogP contribution in [0.1, 0.15) is 29.7 Å². The average Bonchev–Trinajstić information content (AvgIpc) is 2.55. The number of hydrogen-bond acceptors (Lipinski definition) is 4. The second kappa shape index (κ2) is 7.88. The summed E-state index contributed by atoms with van der Waals surface area (Å²) in [7, 11) is 0. The third kappa shape index (κ3) is 4.63. The van der Waals surface area contributed by atoms with Crippen LogP contribution in [0.25, 0.3) is 0 Å². The highest BCUT2D eigenvalue weighted by Crippen LogP contribution is 2.16. The molecule has 2 rings (SSSR count). The molecule has 0 aliphatic rings. The van der Waals surface area contributed by atoms with Gasteiger partial charge in [0.05, 0.1) is 6.10 Å². The Morgan fingerprint density at radius 2 is 1.76 bits per heavy atom. The molecule has 21 heavy (non-hydrogen) atoms. The van der Waals surface area contributed by atoms with Crippen LogP contribution in [0.2, 0.25) is 0 Å². The fourth-order valence-electron chi connectivity index (χ4n) is 2.28. The molecular weight excluding hydrogens is 262 g/mol. The van der Waals surface area contributed by atoms with Crippen LogP contribution in [-0.2, 0) is 13.1 Å². The molecule has 0 fully saturated rings. The number of rotatable bonds is 7. The lowest BCUT2D eigenvalue weighted by Crippen LogP contribution is -2.28. The Kier molecular flexibility index (Phi) is 5.87. The van der Waals surface area contributed by atoms with Gasteiger partial charge in [-0.05, 0) is 35.4 Å². The first-order chi connectivity index (χ1) is 10.2. The van der Waals surface area contributed by atoms with E-state index in [1.54, 1.807) is 12.4 Å². The third-order valence-electron chi connectivity index (χ3n) is 3.63. The summed E-state index contributed by atoms with van der Waals surface area (Å²) >= 11 is 0. The number of aromatic nitrogens is 1. The van der Waals surface area contributed by atoms with Crippen LogP contribution in [-0.4, -0.2) is 28.1 Å². The molecule has 0 amide bonds. The first-order valence-corrected chi connectivity index (χ1v) is 7.31. The van der Waals surface area contributed by atoms with Gasteiger partial charge in [-0.3, -0.25) is 9.88 Å². The van der Waals surface area contributed by atoms with Crippen molar-refractivity contribution in [2.45, 2.75) is 26.1 Å². The molecule has 1 heterocycles. The molecule has 1 aromatic heterocycles. The van der Waals surface area contributed by atoms with Crippen LogP contribution >= 0.6 is 0 Å². The van der Waals surface area contributed by atoms with Crippen molar-refractivity contribution in [2.75, 3.05) is 13.1 Å². The molecule has 1 aromatic carbocycles. The predicted molar refractivity (Wildman–Crippen MR) is 84.5 cm³/mol. The summed E-state index contributed by atoms with van der Waals surface area (Å²) in [4.78, 5) is 6.24. The first-order valence-electron chi connectivity index (χ1n) is 7.31. The van der Waals surface area contributed by atoms with Gasteiger partial charge in [-0.15, -0.1) is 0 Å². The Morgan fingerprint density at radius 3 is 2.33 bits per heavy atom. The van der Waals surface area contributed by atoms with Gasteiger partial charge in [-0.25, -0.2) is 0 Å². The van der Waals surface area contributed by atoms with E-state index in [0.29, 0.717) is 13.1 Å². The second-order valence-electron chi connectivity index (χ2n) is 5.14. The van der Waals surface area contributed by atoms with E-state index in [4.69, 9.17) is 5.73 Å². The molecule has 0 aliphatic carbocycles. The summed E-state index contributed by atoms with van der Waals surface area (Å²) in [5.74, 6) is 0. The highest BCUT2D eigenvalue weighted by Gasteiger charge is 2.12. The number of pyridine rings is 1. The Morgan fingerprint density at radius 1 is 1.10 bits per heavy atom. The van der Waals surface area contributed by atoms with Crippen molar-refractivity contribution in [3.8, 4) is 0 Å². The molecule has 3 N–H and O–H groups in total. The summed E-state index contributed by atoms with van der Waals surface area (Å²) < 4.78 is 0. The van der Waals surface area contributed by atoms with Gasteiger partial charge in [0, 0.05) is 32.0 Å². The minimum atomic E-state index is -0.487. The summed E-state index contributed by atoms with van der Waals surface area (Å²) in [6, 6.07) is 11.9. The van der Waals surface area contributed by atoms with Crippen LogP contribution < -0.4 is 5.73 Å². The molecule has 112 valence electrons. The highest BCUT2D eigenvalue weighted by molar-refractivity contribution is 5.24. The number of benzene rings is 1. The van der Waals surface area contributed by atoms with E-state index in [9.17, 15) is 5.11 Å². The number of aliphatic hydroxyl groups excluding tert-OH is 1. The predicted octanol–water partition coefficient (Wildman–Crippen LogP) is 2.10. The lowest BCUT2D eigenvalue weighted by atomic mass is 10.1. The maximum Gasteiger partial charge on any atom is 0.0917 e. The number of aliphatic hydroxyl groups is 1. The fraction of sp³-hybridized carbons (Fsp3) is 0.353. The molecule has 1 atom stereocenters. The highest BCUT2D eigenvalue weighted by atomic mass is 16.3. The largest absolute Gasteiger partial charge is 0.387 e. The quantitative estimate of drug-likeness (QED) is 0.818. The zero-order valence-electron chi connectivity index (χ0n) is 12.4. The Bertz CT molecular complexity index is 527. The molecule has 1 unspecified atom stereocenters. The maximum absolute atomic E-state index is 10.4. The van der Waals surface area contributed by atoms with Gasteiger partial charge in [-0.1, -0.05) is 31.2 Å². The molecule has 0 aliphatic heterocycles. The van der Waals surface area contributed by atoms with Crippen molar-refractivity contribution in [3.63, 3.8) is 0 Å². The van der Waals surface area contributed by atoms with Crippen LogP contribution in [0.15, 0.2) is 48.8 Å². The zero-order valence-corrected chi connectivity index (χ0v) is 12.4. The normalized spacial score (nSPS) is 12.6. The van der Waals surface area contributed by atoms with Gasteiger partial charge >= 0.3 is 0 Å². The number of nitrogens with two attached hydrogens (primary N) is 1. The lowest BCUT2D eigenvalue weighted by molar-refractivity contribution is 0.112. The monoisotopic (exact) mass is 285 g/mol. The number of nitrogens with zero attached hydrogens (tertiary/aromatic N) is 2. The summed E-state index contributed by atoms with van der Waals surface area (Å²) in [5, 5.41) is 10.4. The van der Waals surface area contributed by atoms with E-state index in [-0.39, 0.29) is 0 Å². The van der Waals surface area contributed by atoms with Crippen molar-refractivity contribution >= 4 is 0 Å². The van der Waals surface area contributed by atoms with Crippen LogP contribution in [0.4, 0.5) is 0 Å². The van der Waals surface area contributed by atoms with E-state index in [1.807, 2.05) is 36.4 Å². The fourth-order valence-corrected chi connectivity index (χ4v) is 2.28. The smallest absolute Gasteiger partial charge is 0.0917 e. The SMILES string of the molecule is CCN(Cc1ccncc1)CC(O)c1ccc(CN)cc1. The summed E-state index contributed by atoms with van der Waals surface area (Å²) in [5.41, 5.74) is 8.80. The molecule has 0 bridgehead atoms. The van der Waals surface area contributed by atoms with Gasteiger partial charge in [-0.2, -0.15) is 0 Å². The Balaban J connectivity index is 1.96. The molecule has 4 nitrogen and oxygen atoms in total. The Hall–Kier alpha value is -1.75. The van der Waals surface area contributed by atoms with E-state index in [2.05, 4.69) is 16.8 Å². The van der Waals surface area contributed by atoms with E-state index in [1.165, 1.54) is 5.56 Å². The first kappa shape index (κ1) is 15.6. The molecule has 0 saturated carbocycles. The van der Waals surface area contributed by atoms with Gasteiger partial charge in [0.2, 0.25) is 0 Å². The molecule has 4 heteroatoms. The van der Waals surface area contributed by atoms with Crippen LogP contribution in [0.5, 0.6) is 0 Å². The van der Waals surface area contributed by atoms with Gasteiger partial charge in [0.25, 0.3) is 0 Å². The van der Waals surface area contributed by atoms with Crippen LogP contribution in [0.3, 0.4) is 0 Å². The molecule has 0 saturated heterocycles. The van der Waals surface area contributed by atoms with Gasteiger partial charge < -0.3 is 10.8 Å². The van der Waals surface area contributed by atoms with E-state index >= 15 is 0 Å². The number of hydrogen-bond donors (Lipinski definition) is 2. The topological polar surface area (TPSA) is 62.4 Å². The van der Waals surface area contributed by atoms with Gasteiger partial charge in [0.1, 0.15) is 0 Å². The minimum Gasteiger partial charge on any atom is -0.387 e. The Labute approximate surface area is 126 Å². The molecular formula is C17H23N3O. The van der Waals surface area contributed by atoms with E-state index in [0.717, 1.165) is 24.2 Å². The van der Waals surface area contributed by atoms with Crippen molar-refractivity contribution in [3.05, 3.63) is 65.5 Å². The number of likely N-dealkylation sites (N-methyl/N-ethyl adjacent to an activating group) is 1. The zero-order chi connectivity index (χ0) is 15.1. The summed E-state index contributed by atoms with van der Waals surface area (Å²) in [6.45, 7) is 4.95. The van der Waals surface area contributed by atoms with E-state index < -0.39 is 6.10 Å². The minimum absolute atomic E-state index is 0.487. The maximum atomic E-state index is 10.4. The average molecular weight is 285 g/mol. The standard InChI is InChI=1S/C17H23N3O/c1-2-20(12-15-7-9-19-10-8-15)13-17(21)16-5-3-14(11-18)4-6-16/h3-10,17,21H,2,11-13,18H2,1H3. The van der Waals surface area contributed by atoms with Crippen molar-refractivity contribution in [2.24, 2.45) is 5.73 Å². The summed E-state index contributed by atoms with van der Waals surface area (Å²) in [6.07, 6.45) is 3.11. The lowest BCUT2D eigenvalue weighted by Gasteiger charge is -2.24. The second-order valence-corrected chi connectivity index (χ2v) is 5.14. The molecule has 2 aromatic rings. The van der Waals surface area contributed by atoms with Crippen molar-refractivity contribution < 1.29 is 5.11 Å². The van der Waals surface area contributed by atoms with Crippen molar-refractivity contribution in [1.29, 1.82) is 0 Å². The molecule has 0 radical (unpaired) electrons. The third-order valence-corrected chi connectivity index (χ3v) is 3.63. The van der Waals surface area contributed by atoms with Crippen LogP contribution in [0, 0.1) is 0 Å². The van der Waals surface area contributed by atoms with Gasteiger partial charge in [0.15, 0.2) is 0 Å². The van der Waals surface area contributed by atoms with Crippen molar-refractivity contribution in [1.82, 2.24) is 9.88 Å². The molecule has 0 spiro atoms.